The van der Waals surface area contributed by atoms with Crippen molar-refractivity contribution in [2.24, 2.45) is 0 Å². The van der Waals surface area contributed by atoms with Gasteiger partial charge in [-0.05, 0) is 26.0 Å². The zero-order chi connectivity index (χ0) is 15.9. The van der Waals surface area contributed by atoms with E-state index in [1.165, 1.54) is 15.9 Å². The highest BCUT2D eigenvalue weighted by Crippen LogP contribution is 2.21. The standard InChI is InChI=1S/C14H12ClN3O3S/c1-7-8(2)22-13(16-7)17-12(19)6-18-10-4-3-9(15)5-11(10)21-14(18)20/h3-5H,6H2,1-2H3,(H,16,17,19). The van der Waals surface area contributed by atoms with E-state index in [-0.39, 0.29) is 12.5 Å². The van der Waals surface area contributed by atoms with E-state index in [1.807, 2.05) is 13.8 Å². The lowest BCUT2D eigenvalue weighted by Gasteiger charge is -2.02. The van der Waals surface area contributed by atoms with Gasteiger partial charge in [-0.1, -0.05) is 11.6 Å². The molecule has 0 radical (unpaired) electrons. The Bertz CT molecular complexity index is 906. The number of amides is 1. The van der Waals surface area contributed by atoms with Crippen LogP contribution in [0, 0.1) is 13.8 Å². The molecule has 3 rings (SSSR count). The number of hydrogen-bond donors (Lipinski definition) is 1. The Morgan fingerprint density at radius 1 is 1.45 bits per heavy atom. The van der Waals surface area contributed by atoms with Crippen LogP contribution in [-0.2, 0) is 11.3 Å². The molecule has 1 amide bonds. The molecule has 1 N–H and O–H groups in total. The Balaban J connectivity index is 1.85. The van der Waals surface area contributed by atoms with Crippen LogP contribution in [0.1, 0.15) is 10.6 Å². The Hall–Kier alpha value is -2.12. The molecule has 114 valence electrons. The average Bonchev–Trinajstić information content (AvgIpc) is 2.90. The summed E-state index contributed by atoms with van der Waals surface area (Å²) in [6.45, 7) is 3.66. The van der Waals surface area contributed by atoms with Crippen molar-refractivity contribution in [2.45, 2.75) is 20.4 Å². The van der Waals surface area contributed by atoms with Crippen molar-refractivity contribution in [1.82, 2.24) is 9.55 Å². The summed E-state index contributed by atoms with van der Waals surface area (Å²) in [6, 6.07) is 4.83. The molecule has 3 aromatic rings. The van der Waals surface area contributed by atoms with Crippen LogP contribution in [0.3, 0.4) is 0 Å². The van der Waals surface area contributed by atoms with Gasteiger partial charge in [0.05, 0.1) is 11.2 Å². The van der Waals surface area contributed by atoms with Gasteiger partial charge < -0.3 is 9.73 Å². The number of anilines is 1. The number of nitrogens with one attached hydrogen (secondary N) is 1. The number of thiazole rings is 1. The Labute approximate surface area is 134 Å². The second-order valence-electron chi connectivity index (χ2n) is 4.77. The summed E-state index contributed by atoms with van der Waals surface area (Å²) in [5.74, 6) is -0.938. The van der Waals surface area contributed by atoms with Crippen molar-refractivity contribution in [3.63, 3.8) is 0 Å². The summed E-state index contributed by atoms with van der Waals surface area (Å²) in [7, 11) is 0. The van der Waals surface area contributed by atoms with Crippen molar-refractivity contribution >= 4 is 45.1 Å². The first-order valence-corrected chi connectivity index (χ1v) is 7.66. The molecule has 0 atom stereocenters. The van der Waals surface area contributed by atoms with Crippen LogP contribution < -0.4 is 11.1 Å². The molecule has 0 unspecified atom stereocenters. The molecule has 0 spiro atoms. The lowest BCUT2D eigenvalue weighted by atomic mass is 10.3. The normalized spacial score (nSPS) is 11.0. The smallest absolute Gasteiger partial charge is 0.408 e. The number of rotatable bonds is 3. The van der Waals surface area contributed by atoms with Crippen LogP contribution in [0.4, 0.5) is 5.13 Å². The molecular weight excluding hydrogens is 326 g/mol. The number of hydrogen-bond acceptors (Lipinski definition) is 5. The second kappa shape index (κ2) is 5.58. The maximum atomic E-state index is 12.1. The lowest BCUT2D eigenvalue weighted by molar-refractivity contribution is -0.116. The number of oxazole rings is 1. The molecule has 0 aliphatic carbocycles. The number of fused-ring (bicyclic) bond motifs is 1. The summed E-state index contributed by atoms with van der Waals surface area (Å²) < 4.78 is 6.34. The van der Waals surface area contributed by atoms with Crippen LogP contribution in [-0.4, -0.2) is 15.5 Å². The lowest BCUT2D eigenvalue weighted by Crippen LogP contribution is -2.24. The number of halogens is 1. The van der Waals surface area contributed by atoms with Gasteiger partial charge in [-0.15, -0.1) is 11.3 Å². The molecule has 0 fully saturated rings. The maximum Gasteiger partial charge on any atom is 0.420 e. The molecule has 0 aliphatic rings. The monoisotopic (exact) mass is 337 g/mol. The number of nitrogens with zero attached hydrogens (tertiary/aromatic N) is 2. The topological polar surface area (TPSA) is 77.1 Å². The van der Waals surface area contributed by atoms with Crippen molar-refractivity contribution < 1.29 is 9.21 Å². The quantitative estimate of drug-likeness (QED) is 0.797. The number of aromatic nitrogens is 2. The van der Waals surface area contributed by atoms with Crippen LogP contribution >= 0.6 is 22.9 Å². The van der Waals surface area contributed by atoms with Gasteiger partial charge in [0.2, 0.25) is 5.91 Å². The van der Waals surface area contributed by atoms with E-state index >= 15 is 0 Å². The number of carbonyl (C=O) groups excluding carboxylic acids is 1. The fourth-order valence-corrected chi connectivity index (χ4v) is 3.01. The largest absolute Gasteiger partial charge is 0.420 e. The highest BCUT2D eigenvalue weighted by atomic mass is 35.5. The summed E-state index contributed by atoms with van der Waals surface area (Å²) in [6.07, 6.45) is 0. The molecule has 2 heterocycles. The Morgan fingerprint density at radius 2 is 2.23 bits per heavy atom. The van der Waals surface area contributed by atoms with Crippen LogP contribution in [0.5, 0.6) is 0 Å². The fraction of sp³-hybridized carbons (Fsp3) is 0.214. The predicted octanol–water partition coefficient (Wildman–Crippen LogP) is 2.96. The third-order valence-corrected chi connectivity index (χ3v) is 4.43. The van der Waals surface area contributed by atoms with Gasteiger partial charge in [-0.2, -0.15) is 0 Å². The number of aryl methyl sites for hydroxylation is 2. The summed E-state index contributed by atoms with van der Waals surface area (Å²) in [5, 5.41) is 3.67. The minimum Gasteiger partial charge on any atom is -0.408 e. The van der Waals surface area contributed by atoms with E-state index in [1.54, 1.807) is 18.2 Å². The first-order valence-electron chi connectivity index (χ1n) is 6.47. The highest BCUT2D eigenvalue weighted by molar-refractivity contribution is 7.15. The van der Waals surface area contributed by atoms with Crippen molar-refractivity contribution in [3.05, 3.63) is 44.3 Å². The molecule has 2 aromatic heterocycles. The summed E-state index contributed by atoms with van der Waals surface area (Å²) in [5.41, 5.74) is 1.75. The van der Waals surface area contributed by atoms with E-state index in [2.05, 4.69) is 10.3 Å². The molecule has 0 saturated carbocycles. The first-order chi connectivity index (χ1) is 10.4. The van der Waals surface area contributed by atoms with Crippen molar-refractivity contribution in [2.75, 3.05) is 5.32 Å². The van der Waals surface area contributed by atoms with Gasteiger partial charge in [0.15, 0.2) is 10.7 Å². The van der Waals surface area contributed by atoms with Crippen molar-refractivity contribution in [3.8, 4) is 0 Å². The molecule has 22 heavy (non-hydrogen) atoms. The number of carbonyl (C=O) groups is 1. The van der Waals surface area contributed by atoms with Gasteiger partial charge in [-0.25, -0.2) is 9.78 Å². The van der Waals surface area contributed by atoms with Gasteiger partial charge in [0.25, 0.3) is 0 Å². The number of benzene rings is 1. The van der Waals surface area contributed by atoms with E-state index in [0.29, 0.717) is 21.3 Å². The Kier molecular flexibility index (Phi) is 3.76. The van der Waals surface area contributed by atoms with E-state index in [0.717, 1.165) is 10.6 Å². The summed E-state index contributed by atoms with van der Waals surface area (Å²) >= 11 is 7.25. The van der Waals surface area contributed by atoms with Crippen LogP contribution in [0.2, 0.25) is 5.02 Å². The van der Waals surface area contributed by atoms with Gasteiger partial charge in [-0.3, -0.25) is 9.36 Å². The van der Waals surface area contributed by atoms with E-state index < -0.39 is 5.76 Å². The second-order valence-corrected chi connectivity index (χ2v) is 6.41. The fourth-order valence-electron chi connectivity index (χ4n) is 2.02. The molecule has 0 saturated heterocycles. The summed E-state index contributed by atoms with van der Waals surface area (Å²) in [4.78, 5) is 29.2. The zero-order valence-corrected chi connectivity index (χ0v) is 13.4. The Morgan fingerprint density at radius 3 is 2.91 bits per heavy atom. The van der Waals surface area contributed by atoms with Gasteiger partial charge in [0.1, 0.15) is 6.54 Å². The zero-order valence-electron chi connectivity index (χ0n) is 11.8. The predicted molar refractivity (Wildman–Crippen MR) is 85.7 cm³/mol. The van der Waals surface area contributed by atoms with E-state index in [4.69, 9.17) is 16.0 Å². The molecule has 1 aromatic carbocycles. The minimum atomic E-state index is -0.598. The molecule has 0 bridgehead atoms. The molecule has 8 heteroatoms. The maximum absolute atomic E-state index is 12.1. The SMILES string of the molecule is Cc1nc(NC(=O)Cn2c(=O)oc3cc(Cl)ccc32)sc1C. The van der Waals surface area contributed by atoms with Crippen LogP contribution in [0.25, 0.3) is 11.1 Å². The van der Waals surface area contributed by atoms with Gasteiger partial charge in [0, 0.05) is 16.0 Å². The third kappa shape index (κ3) is 2.77. The minimum absolute atomic E-state index is 0.148. The average molecular weight is 338 g/mol. The van der Waals surface area contributed by atoms with Gasteiger partial charge >= 0.3 is 5.76 Å². The molecule has 6 nitrogen and oxygen atoms in total. The third-order valence-electron chi connectivity index (χ3n) is 3.21. The molecule has 0 aliphatic heterocycles. The van der Waals surface area contributed by atoms with E-state index in [9.17, 15) is 9.59 Å². The first kappa shape index (κ1) is 14.8. The molecular formula is C14H12ClN3O3S. The van der Waals surface area contributed by atoms with Crippen molar-refractivity contribution in [1.29, 1.82) is 0 Å². The van der Waals surface area contributed by atoms with Crippen LogP contribution in [0.15, 0.2) is 27.4 Å². The highest BCUT2D eigenvalue weighted by Gasteiger charge is 2.14.